The second-order valence-corrected chi connectivity index (χ2v) is 9.43. The van der Waals surface area contributed by atoms with Crippen LogP contribution in [0.3, 0.4) is 0 Å². The number of nitrogens with zero attached hydrogens (tertiary/aromatic N) is 1. The lowest BCUT2D eigenvalue weighted by Gasteiger charge is -2.31. The third kappa shape index (κ3) is 7.90. The highest BCUT2D eigenvalue weighted by Gasteiger charge is 2.28. The molecule has 1 N–H and O–H groups in total. The third-order valence-electron chi connectivity index (χ3n) is 5.10. The maximum atomic E-state index is 13.3. The fraction of sp³-hybridized carbons (Fsp3) is 0.462. The van der Waals surface area contributed by atoms with E-state index in [0.717, 1.165) is 17.1 Å². The van der Waals surface area contributed by atoms with Gasteiger partial charge >= 0.3 is 0 Å². The zero-order valence-corrected chi connectivity index (χ0v) is 20.9. The molecule has 2 aromatic carbocycles. The summed E-state index contributed by atoms with van der Waals surface area (Å²) in [6, 6.07) is 13.6. The van der Waals surface area contributed by atoms with Gasteiger partial charge in [-0.15, -0.1) is 11.8 Å². The standard InChI is InChI=1S/C26H36N2O3S/c1-7-24(26(30)27-18(2)3)28(15-21-8-10-23(31-6)11-9-21)25(29)17-32-16-22-13-19(4)12-20(5)14-22/h8-14,18,24H,7,15-17H2,1-6H3,(H,27,30)/t24-/m1/s1. The van der Waals surface area contributed by atoms with E-state index in [-0.39, 0.29) is 17.9 Å². The number of hydrogen-bond acceptors (Lipinski definition) is 4. The van der Waals surface area contributed by atoms with Crippen molar-refractivity contribution in [2.45, 2.75) is 65.4 Å². The zero-order chi connectivity index (χ0) is 23.7. The second kappa shape index (κ2) is 12.5. The van der Waals surface area contributed by atoms with Gasteiger partial charge in [0.15, 0.2) is 0 Å². The fourth-order valence-corrected chi connectivity index (χ4v) is 4.56. The molecule has 0 saturated carbocycles. The van der Waals surface area contributed by atoms with Crippen LogP contribution in [0.15, 0.2) is 42.5 Å². The van der Waals surface area contributed by atoms with Gasteiger partial charge in [-0.1, -0.05) is 48.4 Å². The highest BCUT2D eigenvalue weighted by molar-refractivity contribution is 7.99. The third-order valence-corrected chi connectivity index (χ3v) is 6.09. The summed E-state index contributed by atoms with van der Waals surface area (Å²) >= 11 is 1.59. The Kier molecular flexibility index (Phi) is 10.1. The molecular weight excluding hydrogens is 420 g/mol. The molecule has 0 spiro atoms. The van der Waals surface area contributed by atoms with Crippen LogP contribution < -0.4 is 10.1 Å². The van der Waals surface area contributed by atoms with Crippen LogP contribution in [0.5, 0.6) is 5.75 Å². The van der Waals surface area contributed by atoms with Crippen LogP contribution in [-0.2, 0) is 21.9 Å². The zero-order valence-electron chi connectivity index (χ0n) is 20.1. The fourth-order valence-electron chi connectivity index (χ4n) is 3.72. The van der Waals surface area contributed by atoms with E-state index in [9.17, 15) is 9.59 Å². The summed E-state index contributed by atoms with van der Waals surface area (Å²) in [5, 5.41) is 2.97. The number of carbonyl (C=O) groups excluding carboxylic acids is 2. The van der Waals surface area contributed by atoms with Crippen LogP contribution in [0.4, 0.5) is 0 Å². The summed E-state index contributed by atoms with van der Waals surface area (Å²) in [6.45, 7) is 10.4. The number of nitrogens with one attached hydrogen (secondary N) is 1. The van der Waals surface area contributed by atoms with Crippen molar-refractivity contribution in [3.63, 3.8) is 0 Å². The van der Waals surface area contributed by atoms with Crippen LogP contribution in [0.1, 0.15) is 49.4 Å². The Balaban J connectivity index is 2.14. The molecule has 0 aromatic heterocycles. The van der Waals surface area contributed by atoms with Crippen LogP contribution >= 0.6 is 11.8 Å². The SMILES string of the molecule is CC[C@H](C(=O)NC(C)C)N(Cc1ccc(OC)cc1)C(=O)CSCc1cc(C)cc(C)c1. The van der Waals surface area contributed by atoms with Gasteiger partial charge in [-0.2, -0.15) is 0 Å². The van der Waals surface area contributed by atoms with E-state index in [2.05, 4.69) is 37.4 Å². The van der Waals surface area contributed by atoms with E-state index in [1.54, 1.807) is 23.8 Å². The number of carbonyl (C=O) groups is 2. The lowest BCUT2D eigenvalue weighted by molar-refractivity contribution is -0.139. The first-order valence-corrected chi connectivity index (χ1v) is 12.3. The van der Waals surface area contributed by atoms with Gasteiger partial charge in [0, 0.05) is 18.3 Å². The summed E-state index contributed by atoms with van der Waals surface area (Å²) in [5.74, 6) is 1.72. The molecule has 32 heavy (non-hydrogen) atoms. The van der Waals surface area contributed by atoms with Gasteiger partial charge in [-0.25, -0.2) is 0 Å². The molecule has 0 radical (unpaired) electrons. The molecule has 2 rings (SSSR count). The molecule has 2 aromatic rings. The molecule has 0 aliphatic rings. The van der Waals surface area contributed by atoms with Crippen molar-refractivity contribution in [3.8, 4) is 5.75 Å². The summed E-state index contributed by atoms with van der Waals surface area (Å²) in [4.78, 5) is 27.9. The minimum atomic E-state index is -0.506. The van der Waals surface area contributed by atoms with Crippen molar-refractivity contribution in [3.05, 3.63) is 64.7 Å². The molecule has 2 amide bonds. The number of methoxy groups -OCH3 is 1. The first-order valence-electron chi connectivity index (χ1n) is 11.1. The average Bonchev–Trinajstić information content (AvgIpc) is 2.72. The topological polar surface area (TPSA) is 58.6 Å². The van der Waals surface area contributed by atoms with Gasteiger partial charge in [0.2, 0.25) is 11.8 Å². The first-order chi connectivity index (χ1) is 15.2. The minimum absolute atomic E-state index is 0.0217. The average molecular weight is 457 g/mol. The summed E-state index contributed by atoms with van der Waals surface area (Å²) in [6.07, 6.45) is 0.558. The highest BCUT2D eigenvalue weighted by atomic mass is 32.2. The number of rotatable bonds is 11. The van der Waals surface area contributed by atoms with Gasteiger partial charge in [0.05, 0.1) is 12.9 Å². The van der Waals surface area contributed by atoms with Gasteiger partial charge < -0.3 is 15.0 Å². The van der Waals surface area contributed by atoms with E-state index >= 15 is 0 Å². The highest BCUT2D eigenvalue weighted by Crippen LogP contribution is 2.20. The number of thioether (sulfide) groups is 1. The lowest BCUT2D eigenvalue weighted by Crippen LogP contribution is -2.50. The van der Waals surface area contributed by atoms with Gasteiger partial charge in [0.1, 0.15) is 11.8 Å². The van der Waals surface area contributed by atoms with Gasteiger partial charge in [-0.3, -0.25) is 9.59 Å². The summed E-state index contributed by atoms with van der Waals surface area (Å²) in [7, 11) is 1.63. The maximum absolute atomic E-state index is 13.3. The molecule has 0 aliphatic carbocycles. The molecule has 174 valence electrons. The van der Waals surface area contributed by atoms with E-state index in [1.807, 2.05) is 45.0 Å². The summed E-state index contributed by atoms with van der Waals surface area (Å²) < 4.78 is 5.24. The lowest BCUT2D eigenvalue weighted by atomic mass is 10.1. The molecular formula is C26H36N2O3S. The smallest absolute Gasteiger partial charge is 0.243 e. The van der Waals surface area contributed by atoms with Gasteiger partial charge in [0.25, 0.3) is 0 Å². The van der Waals surface area contributed by atoms with Crippen LogP contribution in [0.2, 0.25) is 0 Å². The Morgan fingerprint density at radius 1 is 1.03 bits per heavy atom. The Hall–Kier alpha value is -2.47. The normalized spacial score (nSPS) is 11.8. The predicted molar refractivity (Wildman–Crippen MR) is 133 cm³/mol. The molecule has 0 bridgehead atoms. The minimum Gasteiger partial charge on any atom is -0.497 e. The predicted octanol–water partition coefficient (Wildman–Crippen LogP) is 4.88. The van der Waals surface area contributed by atoms with Crippen molar-refractivity contribution < 1.29 is 14.3 Å². The Morgan fingerprint density at radius 3 is 2.19 bits per heavy atom. The molecule has 6 heteroatoms. The number of hydrogen-bond donors (Lipinski definition) is 1. The van der Waals surface area contributed by atoms with Crippen molar-refractivity contribution in [2.75, 3.05) is 12.9 Å². The number of amides is 2. The number of aryl methyl sites for hydroxylation is 2. The first kappa shape index (κ1) is 25.8. The molecule has 0 saturated heterocycles. The van der Waals surface area contributed by atoms with Crippen LogP contribution in [0.25, 0.3) is 0 Å². The Morgan fingerprint density at radius 2 is 1.66 bits per heavy atom. The van der Waals surface area contributed by atoms with E-state index in [4.69, 9.17) is 4.74 Å². The molecule has 0 aliphatic heterocycles. The van der Waals surface area contributed by atoms with Crippen molar-refractivity contribution in [1.82, 2.24) is 10.2 Å². The molecule has 0 heterocycles. The van der Waals surface area contributed by atoms with Crippen molar-refractivity contribution in [1.29, 1.82) is 0 Å². The number of ether oxygens (including phenoxy) is 1. The van der Waals surface area contributed by atoms with Crippen molar-refractivity contribution >= 4 is 23.6 Å². The number of benzene rings is 2. The molecule has 0 unspecified atom stereocenters. The molecule has 5 nitrogen and oxygen atoms in total. The monoisotopic (exact) mass is 456 g/mol. The Bertz CT molecular complexity index is 876. The maximum Gasteiger partial charge on any atom is 0.243 e. The van der Waals surface area contributed by atoms with E-state index in [0.29, 0.717) is 18.7 Å². The van der Waals surface area contributed by atoms with E-state index < -0.39 is 6.04 Å². The van der Waals surface area contributed by atoms with Gasteiger partial charge in [-0.05, 0) is 57.4 Å². The Labute approximate surface area is 196 Å². The largest absolute Gasteiger partial charge is 0.497 e. The second-order valence-electron chi connectivity index (χ2n) is 8.45. The molecule has 1 atom stereocenters. The molecule has 0 fully saturated rings. The van der Waals surface area contributed by atoms with E-state index in [1.165, 1.54) is 16.7 Å². The van der Waals surface area contributed by atoms with Crippen LogP contribution in [-0.4, -0.2) is 41.7 Å². The van der Waals surface area contributed by atoms with Crippen LogP contribution in [0, 0.1) is 13.8 Å². The summed E-state index contributed by atoms with van der Waals surface area (Å²) in [5.41, 5.74) is 4.63. The van der Waals surface area contributed by atoms with Crippen molar-refractivity contribution in [2.24, 2.45) is 0 Å². The quantitative estimate of drug-likeness (QED) is 0.524.